The summed E-state index contributed by atoms with van der Waals surface area (Å²) in [5, 5.41) is 3.69. The number of ether oxygens (including phenoxy) is 1. The van der Waals surface area contributed by atoms with Gasteiger partial charge in [0.25, 0.3) is 0 Å². The van der Waals surface area contributed by atoms with Gasteiger partial charge in [-0.2, -0.15) is 0 Å². The Morgan fingerprint density at radius 1 is 1.26 bits per heavy atom. The van der Waals surface area contributed by atoms with Crippen LogP contribution in [-0.4, -0.2) is 20.3 Å². The van der Waals surface area contributed by atoms with Crippen LogP contribution in [0.25, 0.3) is 0 Å². The van der Waals surface area contributed by atoms with Crippen LogP contribution in [0.15, 0.2) is 18.2 Å². The summed E-state index contributed by atoms with van der Waals surface area (Å²) in [5.74, 6) is 0.569. The van der Waals surface area contributed by atoms with Crippen LogP contribution in [-0.2, 0) is 4.74 Å². The van der Waals surface area contributed by atoms with Gasteiger partial charge in [-0.3, -0.25) is 0 Å². The van der Waals surface area contributed by atoms with Gasteiger partial charge in [0.2, 0.25) is 0 Å². The van der Waals surface area contributed by atoms with Crippen LogP contribution in [0.2, 0.25) is 0 Å². The fourth-order valence-electron chi connectivity index (χ4n) is 2.53. The molecule has 0 aliphatic carbocycles. The lowest BCUT2D eigenvalue weighted by atomic mass is 9.92. The third kappa shape index (κ3) is 5.33. The van der Waals surface area contributed by atoms with Crippen molar-refractivity contribution in [2.24, 2.45) is 5.92 Å². The molecule has 0 bridgehead atoms. The lowest BCUT2D eigenvalue weighted by Crippen LogP contribution is -2.25. The number of nitrogens with one attached hydrogen (secondary N) is 1. The lowest BCUT2D eigenvalue weighted by Gasteiger charge is -2.24. The van der Waals surface area contributed by atoms with Crippen molar-refractivity contribution in [3.8, 4) is 0 Å². The van der Waals surface area contributed by atoms with Crippen LogP contribution in [0.5, 0.6) is 0 Å². The van der Waals surface area contributed by atoms with Crippen molar-refractivity contribution in [3.05, 3.63) is 34.9 Å². The Kier molecular flexibility index (Phi) is 7.11. The molecular weight excluding hydrogens is 234 g/mol. The first kappa shape index (κ1) is 16.2. The van der Waals surface area contributed by atoms with E-state index in [0.29, 0.717) is 12.0 Å². The van der Waals surface area contributed by atoms with Crippen LogP contribution in [0.1, 0.15) is 49.4 Å². The maximum absolute atomic E-state index is 5.27. The molecule has 1 aromatic rings. The summed E-state index contributed by atoms with van der Waals surface area (Å²) in [4.78, 5) is 0. The van der Waals surface area contributed by atoms with Gasteiger partial charge in [0, 0.05) is 19.8 Å². The predicted molar refractivity (Wildman–Crippen MR) is 82.6 cm³/mol. The highest BCUT2D eigenvalue weighted by Crippen LogP contribution is 2.25. The summed E-state index contributed by atoms with van der Waals surface area (Å²) in [6, 6.07) is 7.17. The zero-order valence-electron chi connectivity index (χ0n) is 13.1. The molecule has 108 valence electrons. The maximum Gasteiger partial charge on any atom is 0.0488 e. The molecule has 0 aliphatic rings. The number of methoxy groups -OCH3 is 1. The fraction of sp³-hybridized carbons (Fsp3) is 0.647. The van der Waals surface area contributed by atoms with E-state index >= 15 is 0 Å². The van der Waals surface area contributed by atoms with Crippen molar-refractivity contribution in [3.63, 3.8) is 0 Å². The van der Waals surface area contributed by atoms with Gasteiger partial charge in [0.05, 0.1) is 0 Å². The summed E-state index contributed by atoms with van der Waals surface area (Å²) < 4.78 is 5.27. The smallest absolute Gasteiger partial charge is 0.0488 e. The SMILES string of the molecule is CCCNC(CC(C)COC)c1cc(C)ccc1C. The molecule has 0 fully saturated rings. The molecule has 1 N–H and O–H groups in total. The van der Waals surface area contributed by atoms with Crippen molar-refractivity contribution in [1.82, 2.24) is 5.32 Å². The van der Waals surface area contributed by atoms with E-state index in [1.807, 2.05) is 0 Å². The van der Waals surface area contributed by atoms with E-state index in [1.165, 1.54) is 23.1 Å². The Morgan fingerprint density at radius 2 is 2.00 bits per heavy atom. The molecule has 0 heterocycles. The molecule has 0 amide bonds. The fourth-order valence-corrected chi connectivity index (χ4v) is 2.53. The third-order valence-corrected chi connectivity index (χ3v) is 3.54. The molecule has 1 aromatic carbocycles. The van der Waals surface area contributed by atoms with Crippen molar-refractivity contribution >= 4 is 0 Å². The zero-order valence-corrected chi connectivity index (χ0v) is 13.1. The predicted octanol–water partition coefficient (Wildman–Crippen LogP) is 4.02. The quantitative estimate of drug-likeness (QED) is 0.765. The normalized spacial score (nSPS) is 14.4. The van der Waals surface area contributed by atoms with Crippen LogP contribution >= 0.6 is 0 Å². The summed E-state index contributed by atoms with van der Waals surface area (Å²) >= 11 is 0. The average Bonchev–Trinajstić information content (AvgIpc) is 2.38. The molecule has 0 saturated carbocycles. The summed E-state index contributed by atoms with van der Waals surface area (Å²) in [6.07, 6.45) is 2.29. The van der Waals surface area contributed by atoms with Crippen molar-refractivity contribution in [2.45, 2.75) is 46.6 Å². The zero-order chi connectivity index (χ0) is 14.3. The largest absolute Gasteiger partial charge is 0.384 e. The highest BCUT2D eigenvalue weighted by molar-refractivity contribution is 5.33. The first-order valence-electron chi connectivity index (χ1n) is 7.38. The minimum Gasteiger partial charge on any atom is -0.384 e. The van der Waals surface area contributed by atoms with E-state index in [1.54, 1.807) is 7.11 Å². The third-order valence-electron chi connectivity index (χ3n) is 3.54. The lowest BCUT2D eigenvalue weighted by molar-refractivity contribution is 0.149. The Labute approximate surface area is 118 Å². The van der Waals surface area contributed by atoms with E-state index in [-0.39, 0.29) is 0 Å². The van der Waals surface area contributed by atoms with Gasteiger partial charge in [-0.15, -0.1) is 0 Å². The molecule has 2 heteroatoms. The van der Waals surface area contributed by atoms with Gasteiger partial charge in [-0.25, -0.2) is 0 Å². The van der Waals surface area contributed by atoms with Crippen LogP contribution < -0.4 is 5.32 Å². The summed E-state index contributed by atoms with van der Waals surface area (Å²) in [7, 11) is 1.78. The topological polar surface area (TPSA) is 21.3 Å². The highest BCUT2D eigenvalue weighted by Gasteiger charge is 2.16. The molecule has 0 saturated heterocycles. The highest BCUT2D eigenvalue weighted by atomic mass is 16.5. The molecule has 0 aliphatic heterocycles. The molecule has 2 nitrogen and oxygen atoms in total. The second kappa shape index (κ2) is 8.34. The van der Waals surface area contributed by atoms with Gasteiger partial charge in [-0.1, -0.05) is 37.6 Å². The van der Waals surface area contributed by atoms with Gasteiger partial charge >= 0.3 is 0 Å². The van der Waals surface area contributed by atoms with Crippen molar-refractivity contribution in [2.75, 3.05) is 20.3 Å². The molecule has 0 aromatic heterocycles. The number of hydrogen-bond acceptors (Lipinski definition) is 2. The number of hydrogen-bond donors (Lipinski definition) is 1. The van der Waals surface area contributed by atoms with Gasteiger partial charge in [0.1, 0.15) is 0 Å². The number of benzene rings is 1. The van der Waals surface area contributed by atoms with Gasteiger partial charge < -0.3 is 10.1 Å². The van der Waals surface area contributed by atoms with Crippen LogP contribution in [0.4, 0.5) is 0 Å². The van der Waals surface area contributed by atoms with E-state index in [2.05, 4.69) is 51.2 Å². The van der Waals surface area contributed by atoms with E-state index in [0.717, 1.165) is 19.6 Å². The van der Waals surface area contributed by atoms with E-state index < -0.39 is 0 Å². The number of aryl methyl sites for hydroxylation is 2. The molecule has 0 spiro atoms. The van der Waals surface area contributed by atoms with E-state index in [4.69, 9.17) is 4.74 Å². The average molecular weight is 263 g/mol. The van der Waals surface area contributed by atoms with Crippen LogP contribution in [0, 0.1) is 19.8 Å². The minimum atomic E-state index is 0.435. The summed E-state index contributed by atoms with van der Waals surface area (Å²) in [6.45, 7) is 10.7. The molecule has 1 rings (SSSR count). The Bertz CT molecular complexity index is 376. The van der Waals surface area contributed by atoms with E-state index in [9.17, 15) is 0 Å². The maximum atomic E-state index is 5.27. The van der Waals surface area contributed by atoms with Crippen molar-refractivity contribution < 1.29 is 4.74 Å². The minimum absolute atomic E-state index is 0.435. The first-order valence-corrected chi connectivity index (χ1v) is 7.38. The van der Waals surface area contributed by atoms with Crippen molar-refractivity contribution in [1.29, 1.82) is 0 Å². The van der Waals surface area contributed by atoms with Gasteiger partial charge in [0.15, 0.2) is 0 Å². The Hall–Kier alpha value is -0.860. The standard InChI is InChI=1S/C17H29NO/c1-6-9-18-17(11-14(3)12-19-5)16-10-13(2)7-8-15(16)4/h7-8,10,14,17-18H,6,9,11-12H2,1-5H3. The Balaban J connectivity index is 2.85. The summed E-state index contributed by atoms with van der Waals surface area (Å²) in [5.41, 5.74) is 4.16. The first-order chi connectivity index (χ1) is 9.08. The molecule has 0 radical (unpaired) electrons. The Morgan fingerprint density at radius 3 is 2.63 bits per heavy atom. The molecule has 19 heavy (non-hydrogen) atoms. The molecule has 2 atom stereocenters. The molecular formula is C17H29NO. The molecule has 2 unspecified atom stereocenters. The van der Waals surface area contributed by atoms with Gasteiger partial charge in [-0.05, 0) is 50.3 Å². The number of rotatable bonds is 8. The second-order valence-corrected chi connectivity index (χ2v) is 5.66. The second-order valence-electron chi connectivity index (χ2n) is 5.66. The monoisotopic (exact) mass is 263 g/mol. The van der Waals surface area contributed by atoms with Crippen LogP contribution in [0.3, 0.4) is 0 Å².